The van der Waals surface area contributed by atoms with E-state index in [1.807, 2.05) is 13.0 Å². The zero-order valence-electron chi connectivity index (χ0n) is 16.6. The van der Waals surface area contributed by atoms with E-state index in [0.29, 0.717) is 20.6 Å². The third kappa shape index (κ3) is 5.30. The smallest absolute Gasteiger partial charge is 0.209 e. The molecule has 4 heteroatoms. The van der Waals surface area contributed by atoms with Gasteiger partial charge in [-0.15, -0.1) is 0 Å². The van der Waals surface area contributed by atoms with Gasteiger partial charge in [-0.05, 0) is 73.5 Å². The van der Waals surface area contributed by atoms with Gasteiger partial charge in [0.2, 0.25) is 9.84 Å². The largest absolute Gasteiger partial charge is 0.393 e. The maximum absolute atomic E-state index is 10.9. The summed E-state index contributed by atoms with van der Waals surface area (Å²) in [6.45, 7) is 13.7. The topological polar surface area (TPSA) is 54.4 Å². The van der Waals surface area contributed by atoms with Gasteiger partial charge in [0.15, 0.2) is 0 Å². The molecule has 0 aromatic heterocycles. The summed E-state index contributed by atoms with van der Waals surface area (Å²) < 4.78 is 21.8. The molecular weight excluding hydrogens is 332 g/mol. The second-order valence-electron chi connectivity index (χ2n) is 9.69. The van der Waals surface area contributed by atoms with E-state index >= 15 is 0 Å². The molecule has 0 atom stereocenters. The zero-order valence-corrected chi connectivity index (χ0v) is 17.4. The Morgan fingerprint density at radius 3 is 2.00 bits per heavy atom. The lowest BCUT2D eigenvalue weighted by Crippen LogP contribution is -2.33. The summed E-state index contributed by atoms with van der Waals surface area (Å²) in [4.78, 5) is 1.01. The van der Waals surface area contributed by atoms with Crippen LogP contribution in [0.15, 0.2) is 28.0 Å². The van der Waals surface area contributed by atoms with E-state index in [0.717, 1.165) is 24.3 Å². The summed E-state index contributed by atoms with van der Waals surface area (Å²) in [5.74, 6) is 0.806. The second-order valence-corrected chi connectivity index (χ2v) is 11.6. The number of fused-ring (bicyclic) bond motifs is 1. The van der Waals surface area contributed by atoms with Crippen molar-refractivity contribution in [3.63, 3.8) is 0 Å². The van der Waals surface area contributed by atoms with Crippen LogP contribution in [0.4, 0.5) is 0 Å². The highest BCUT2D eigenvalue weighted by Crippen LogP contribution is 2.45. The van der Waals surface area contributed by atoms with E-state index in [4.69, 9.17) is 0 Å². The van der Waals surface area contributed by atoms with Crippen LogP contribution < -0.4 is 0 Å². The molecule has 2 aliphatic rings. The Hall–Kier alpha value is -0.870. The molecule has 1 aliphatic carbocycles. The minimum Gasteiger partial charge on any atom is -0.393 e. The van der Waals surface area contributed by atoms with E-state index in [-0.39, 0.29) is 6.10 Å². The quantitative estimate of drug-likeness (QED) is 0.749. The first-order valence-corrected chi connectivity index (χ1v) is 10.8. The molecule has 0 bridgehead atoms. The summed E-state index contributed by atoms with van der Waals surface area (Å²) in [7, 11) is -2.90. The lowest BCUT2D eigenvalue weighted by Gasteiger charge is -2.42. The Morgan fingerprint density at radius 2 is 1.56 bits per heavy atom. The molecular formula is C21H34O3S. The van der Waals surface area contributed by atoms with Gasteiger partial charge in [-0.25, -0.2) is 8.42 Å². The summed E-state index contributed by atoms with van der Waals surface area (Å²) in [5.41, 5.74) is 1.85. The third-order valence-electron chi connectivity index (χ3n) is 5.42. The first kappa shape index (κ1) is 20.4. The lowest BCUT2D eigenvalue weighted by atomic mass is 9.64. The van der Waals surface area contributed by atoms with E-state index in [1.165, 1.54) is 19.3 Å². The number of hydrogen-bond donors (Lipinski definition) is 1. The van der Waals surface area contributed by atoms with Crippen LogP contribution in [0.2, 0.25) is 0 Å². The highest BCUT2D eigenvalue weighted by Gasteiger charge is 2.38. The van der Waals surface area contributed by atoms with Crippen LogP contribution in [-0.4, -0.2) is 19.6 Å². The van der Waals surface area contributed by atoms with Gasteiger partial charge in [0, 0.05) is 0 Å². The first-order chi connectivity index (χ1) is 11.3. The number of sulfone groups is 1. The zero-order chi connectivity index (χ0) is 19.0. The highest BCUT2D eigenvalue weighted by molar-refractivity contribution is 7.97. The molecule has 142 valence electrons. The predicted molar refractivity (Wildman–Crippen MR) is 102 cm³/mol. The van der Waals surface area contributed by atoms with E-state index in [9.17, 15) is 13.5 Å². The summed E-state index contributed by atoms with van der Waals surface area (Å²) >= 11 is 0. The number of benzene rings is 1. The molecule has 0 spiro atoms. The van der Waals surface area contributed by atoms with Gasteiger partial charge in [-0.1, -0.05) is 40.7 Å². The number of aliphatic hydroxyl groups is 1. The van der Waals surface area contributed by atoms with Crippen LogP contribution in [-0.2, 0) is 9.84 Å². The standard InChI is InChI=1S/C14H28O.C7H6O2S/c1-13(2,3)10-14(4,5)11-6-8-12(15)9-7-11;1-5-2-3-6-7(4-5)10(6,8)9/h11-12,15H,6-10H2,1-5H3;2-4H,1H3. The summed E-state index contributed by atoms with van der Waals surface area (Å²) in [6, 6.07) is 5.16. The van der Waals surface area contributed by atoms with E-state index in [2.05, 4.69) is 34.6 Å². The van der Waals surface area contributed by atoms with E-state index < -0.39 is 9.84 Å². The first-order valence-electron chi connectivity index (χ1n) is 9.37. The minimum absolute atomic E-state index is 0.0216. The van der Waals surface area contributed by atoms with Crippen molar-refractivity contribution in [3.8, 4) is 0 Å². The maximum Gasteiger partial charge on any atom is 0.209 e. The molecule has 0 amide bonds. The molecule has 1 aliphatic heterocycles. The Bertz CT molecular complexity index is 703. The van der Waals surface area contributed by atoms with Crippen LogP contribution >= 0.6 is 0 Å². The van der Waals surface area contributed by atoms with Crippen LogP contribution in [0.1, 0.15) is 72.3 Å². The fraction of sp³-hybridized carbons (Fsp3) is 0.714. The van der Waals surface area contributed by atoms with Gasteiger partial charge < -0.3 is 5.11 Å². The van der Waals surface area contributed by atoms with E-state index in [1.54, 1.807) is 12.1 Å². The van der Waals surface area contributed by atoms with Gasteiger partial charge in [0.1, 0.15) is 0 Å². The summed E-state index contributed by atoms with van der Waals surface area (Å²) in [6.07, 6.45) is 5.71. The normalized spacial score (nSPS) is 24.8. The van der Waals surface area contributed by atoms with Crippen molar-refractivity contribution in [2.45, 2.75) is 89.5 Å². The fourth-order valence-electron chi connectivity index (χ4n) is 4.37. The van der Waals surface area contributed by atoms with Crippen molar-refractivity contribution in [1.82, 2.24) is 0 Å². The van der Waals surface area contributed by atoms with Crippen molar-refractivity contribution in [2.75, 3.05) is 0 Å². The lowest BCUT2D eigenvalue weighted by molar-refractivity contribution is 0.0454. The number of rotatable bonds is 2. The number of aryl methyl sites for hydroxylation is 1. The molecule has 3 nitrogen and oxygen atoms in total. The molecule has 1 heterocycles. The van der Waals surface area contributed by atoms with Gasteiger partial charge in [0.05, 0.1) is 15.9 Å². The summed E-state index contributed by atoms with van der Waals surface area (Å²) in [5, 5.41) is 9.53. The van der Waals surface area contributed by atoms with Gasteiger partial charge >= 0.3 is 0 Å². The Kier molecular flexibility index (Phi) is 5.75. The van der Waals surface area contributed by atoms with Crippen LogP contribution in [0, 0.1) is 23.7 Å². The predicted octanol–water partition coefficient (Wildman–Crippen LogP) is 5.14. The van der Waals surface area contributed by atoms with Crippen molar-refractivity contribution in [2.24, 2.45) is 16.7 Å². The van der Waals surface area contributed by atoms with Crippen molar-refractivity contribution >= 4 is 9.84 Å². The Labute approximate surface area is 153 Å². The molecule has 0 radical (unpaired) electrons. The molecule has 1 saturated carbocycles. The SMILES string of the molecule is CC(C)(C)CC(C)(C)C1CCC(O)CC1.Cc1ccc2c(c1)S2(=O)=O. The average molecular weight is 367 g/mol. The monoisotopic (exact) mass is 366 g/mol. The molecule has 0 saturated heterocycles. The Balaban J connectivity index is 0.000000194. The van der Waals surface area contributed by atoms with Gasteiger partial charge in [-0.2, -0.15) is 0 Å². The van der Waals surface area contributed by atoms with Gasteiger partial charge in [-0.3, -0.25) is 0 Å². The maximum atomic E-state index is 10.9. The number of aliphatic hydroxyl groups excluding tert-OH is 1. The average Bonchev–Trinajstić information content (AvgIpc) is 2.98. The Morgan fingerprint density at radius 1 is 1.00 bits per heavy atom. The highest BCUT2D eigenvalue weighted by atomic mass is 32.2. The van der Waals surface area contributed by atoms with Crippen molar-refractivity contribution in [3.05, 3.63) is 23.8 Å². The van der Waals surface area contributed by atoms with Crippen molar-refractivity contribution in [1.29, 1.82) is 0 Å². The molecule has 1 aromatic rings. The van der Waals surface area contributed by atoms with Crippen LogP contribution in [0.3, 0.4) is 0 Å². The molecule has 1 aromatic carbocycles. The second kappa shape index (κ2) is 7.03. The van der Waals surface area contributed by atoms with Crippen LogP contribution in [0.25, 0.3) is 0 Å². The molecule has 0 unspecified atom stereocenters. The molecule has 25 heavy (non-hydrogen) atoms. The molecule has 1 fully saturated rings. The fourth-order valence-corrected chi connectivity index (χ4v) is 5.74. The van der Waals surface area contributed by atoms with Crippen molar-refractivity contribution < 1.29 is 13.5 Å². The van der Waals surface area contributed by atoms with Crippen LogP contribution in [0.5, 0.6) is 0 Å². The minimum atomic E-state index is -2.90. The number of hydrogen-bond acceptors (Lipinski definition) is 3. The molecule has 3 rings (SSSR count). The van der Waals surface area contributed by atoms with Gasteiger partial charge in [0.25, 0.3) is 0 Å². The molecule has 1 N–H and O–H groups in total. The third-order valence-corrected chi connectivity index (χ3v) is 7.07.